The largest absolute Gasteiger partial charge is 0.336 e. The number of hydrogen-bond acceptors (Lipinski definition) is 5. The molecule has 7 heteroatoms. The lowest BCUT2D eigenvalue weighted by atomic mass is 10.0. The zero-order chi connectivity index (χ0) is 21.1. The molecule has 3 heterocycles. The molecule has 0 N–H and O–H groups in total. The second-order valence-corrected chi connectivity index (χ2v) is 8.56. The maximum Gasteiger partial charge on any atom is 0.261 e. The molecule has 3 aliphatic heterocycles. The van der Waals surface area contributed by atoms with Crippen LogP contribution in [0.15, 0.2) is 18.2 Å². The van der Waals surface area contributed by atoms with Crippen molar-refractivity contribution in [2.75, 3.05) is 58.9 Å². The topological polar surface area (TPSA) is 64.2 Å². The predicted molar refractivity (Wildman–Crippen MR) is 115 cm³/mol. The Morgan fingerprint density at radius 3 is 2.13 bits per heavy atom. The van der Waals surface area contributed by atoms with E-state index in [4.69, 9.17) is 0 Å². The second kappa shape index (κ2) is 9.27. The van der Waals surface area contributed by atoms with Crippen molar-refractivity contribution in [3.8, 4) is 0 Å². The Labute approximate surface area is 178 Å². The average Bonchev–Trinajstić information content (AvgIpc) is 3.38. The highest BCUT2D eigenvalue weighted by Gasteiger charge is 2.36. The first-order chi connectivity index (χ1) is 14.6. The van der Waals surface area contributed by atoms with Crippen LogP contribution < -0.4 is 0 Å². The van der Waals surface area contributed by atoms with Crippen LogP contribution in [0.1, 0.15) is 63.7 Å². The molecule has 3 aliphatic rings. The molecular weight excluding hydrogens is 380 g/mol. The Hall–Kier alpha value is -2.25. The molecule has 2 fully saturated rings. The van der Waals surface area contributed by atoms with Gasteiger partial charge in [-0.05, 0) is 50.6 Å². The summed E-state index contributed by atoms with van der Waals surface area (Å²) in [5.74, 6) is -0.567. The fourth-order valence-electron chi connectivity index (χ4n) is 4.59. The van der Waals surface area contributed by atoms with Crippen LogP contribution in [0, 0.1) is 0 Å². The summed E-state index contributed by atoms with van der Waals surface area (Å²) in [5.41, 5.74) is 1.28. The summed E-state index contributed by atoms with van der Waals surface area (Å²) in [6.07, 6.45) is 4.33. The minimum absolute atomic E-state index is 0.0516. The number of rotatable bonds is 7. The van der Waals surface area contributed by atoms with Crippen molar-refractivity contribution in [2.45, 2.75) is 32.6 Å². The normalized spacial score (nSPS) is 20.3. The Morgan fingerprint density at radius 2 is 1.47 bits per heavy atom. The molecule has 0 bridgehead atoms. The van der Waals surface area contributed by atoms with E-state index in [0.717, 1.165) is 39.0 Å². The Morgan fingerprint density at radius 1 is 0.833 bits per heavy atom. The van der Waals surface area contributed by atoms with Gasteiger partial charge in [0.05, 0.1) is 11.1 Å². The lowest BCUT2D eigenvalue weighted by molar-refractivity contribution is 0.0625. The van der Waals surface area contributed by atoms with Crippen molar-refractivity contribution < 1.29 is 14.4 Å². The van der Waals surface area contributed by atoms with Gasteiger partial charge >= 0.3 is 0 Å². The van der Waals surface area contributed by atoms with Crippen LogP contribution in [-0.2, 0) is 0 Å². The highest BCUT2D eigenvalue weighted by molar-refractivity contribution is 6.22. The van der Waals surface area contributed by atoms with E-state index in [-0.39, 0.29) is 17.7 Å². The molecular formula is C23H32N4O3. The van der Waals surface area contributed by atoms with E-state index >= 15 is 0 Å². The minimum Gasteiger partial charge on any atom is -0.336 e. The molecule has 30 heavy (non-hydrogen) atoms. The number of benzene rings is 1. The Balaban J connectivity index is 1.34. The van der Waals surface area contributed by atoms with Gasteiger partial charge in [-0.1, -0.05) is 13.3 Å². The minimum atomic E-state index is -0.273. The van der Waals surface area contributed by atoms with E-state index in [0.29, 0.717) is 36.3 Å². The summed E-state index contributed by atoms with van der Waals surface area (Å²) in [6.45, 7) is 10.2. The number of imide groups is 1. The third-order valence-electron chi connectivity index (χ3n) is 6.54. The quantitative estimate of drug-likeness (QED) is 0.641. The molecule has 1 aromatic rings. The van der Waals surface area contributed by atoms with Gasteiger partial charge in [-0.15, -0.1) is 0 Å². The first kappa shape index (κ1) is 21.0. The molecule has 0 unspecified atom stereocenters. The smallest absolute Gasteiger partial charge is 0.261 e. The van der Waals surface area contributed by atoms with E-state index in [1.807, 2.05) is 11.8 Å². The molecule has 162 valence electrons. The Kier molecular flexibility index (Phi) is 6.49. The van der Waals surface area contributed by atoms with Crippen molar-refractivity contribution >= 4 is 17.7 Å². The van der Waals surface area contributed by atoms with E-state index in [1.54, 1.807) is 18.2 Å². The summed E-state index contributed by atoms with van der Waals surface area (Å²) in [7, 11) is 0. The van der Waals surface area contributed by atoms with Crippen molar-refractivity contribution in [3.63, 3.8) is 0 Å². The summed E-state index contributed by atoms with van der Waals surface area (Å²) < 4.78 is 0. The number of hydrogen-bond donors (Lipinski definition) is 0. The van der Waals surface area contributed by atoms with E-state index in [1.165, 1.54) is 30.8 Å². The van der Waals surface area contributed by atoms with Gasteiger partial charge in [-0.25, -0.2) is 0 Å². The van der Waals surface area contributed by atoms with Gasteiger partial charge in [-0.3, -0.25) is 24.2 Å². The molecule has 0 atom stereocenters. The van der Waals surface area contributed by atoms with Crippen LogP contribution in [-0.4, -0.2) is 96.2 Å². The zero-order valence-electron chi connectivity index (χ0n) is 17.9. The van der Waals surface area contributed by atoms with Crippen molar-refractivity contribution in [1.29, 1.82) is 0 Å². The maximum absolute atomic E-state index is 13.0. The van der Waals surface area contributed by atoms with Crippen LogP contribution in [0.2, 0.25) is 0 Å². The molecule has 0 radical (unpaired) electrons. The molecule has 4 rings (SSSR count). The number of unbranched alkanes of at least 4 members (excludes halogenated alkanes) is 1. The number of amides is 3. The SMILES string of the molecule is CCCCN1C(=O)c2ccc(C(=O)N3CCN(CCN4CCCC4)CC3)cc2C1=O. The van der Waals surface area contributed by atoms with E-state index in [2.05, 4.69) is 9.80 Å². The third kappa shape index (κ3) is 4.27. The van der Waals surface area contributed by atoms with Crippen molar-refractivity contribution in [1.82, 2.24) is 19.6 Å². The van der Waals surface area contributed by atoms with Crippen LogP contribution in [0.4, 0.5) is 0 Å². The molecule has 0 aromatic heterocycles. The number of carbonyl (C=O) groups is 3. The standard InChI is InChI=1S/C23H32N4O3/c1-2-3-10-27-22(29)19-7-6-18(17-20(19)23(27)30)21(28)26-15-13-25(14-16-26)12-11-24-8-4-5-9-24/h6-7,17H,2-5,8-16H2,1H3. The van der Waals surface area contributed by atoms with Crippen LogP contribution in [0.25, 0.3) is 0 Å². The molecule has 0 aliphatic carbocycles. The highest BCUT2D eigenvalue weighted by Crippen LogP contribution is 2.25. The zero-order valence-corrected chi connectivity index (χ0v) is 17.9. The van der Waals surface area contributed by atoms with Gasteiger partial charge in [0.1, 0.15) is 0 Å². The summed E-state index contributed by atoms with van der Waals surface area (Å²) in [4.78, 5) is 46.3. The summed E-state index contributed by atoms with van der Waals surface area (Å²) in [6, 6.07) is 4.94. The lowest BCUT2D eigenvalue weighted by Crippen LogP contribution is -2.50. The fourth-order valence-corrected chi connectivity index (χ4v) is 4.59. The van der Waals surface area contributed by atoms with Crippen LogP contribution in [0.3, 0.4) is 0 Å². The lowest BCUT2D eigenvalue weighted by Gasteiger charge is -2.35. The average molecular weight is 413 g/mol. The van der Waals surface area contributed by atoms with Crippen molar-refractivity contribution in [3.05, 3.63) is 34.9 Å². The summed E-state index contributed by atoms with van der Waals surface area (Å²) >= 11 is 0. The van der Waals surface area contributed by atoms with E-state index < -0.39 is 0 Å². The number of piperazine rings is 1. The second-order valence-electron chi connectivity index (χ2n) is 8.56. The molecule has 1 aromatic carbocycles. The highest BCUT2D eigenvalue weighted by atomic mass is 16.2. The number of nitrogens with zero attached hydrogens (tertiary/aromatic N) is 4. The summed E-state index contributed by atoms with van der Waals surface area (Å²) in [5, 5.41) is 0. The molecule has 7 nitrogen and oxygen atoms in total. The van der Waals surface area contributed by atoms with Crippen molar-refractivity contribution in [2.24, 2.45) is 0 Å². The van der Waals surface area contributed by atoms with Gasteiger partial charge < -0.3 is 9.80 Å². The number of fused-ring (bicyclic) bond motifs is 1. The fraction of sp³-hybridized carbons (Fsp3) is 0.609. The van der Waals surface area contributed by atoms with E-state index in [9.17, 15) is 14.4 Å². The Bertz CT molecular complexity index is 811. The van der Waals surface area contributed by atoms with Crippen LogP contribution >= 0.6 is 0 Å². The first-order valence-corrected chi connectivity index (χ1v) is 11.3. The van der Waals surface area contributed by atoms with Crippen LogP contribution in [0.5, 0.6) is 0 Å². The van der Waals surface area contributed by atoms with Gasteiger partial charge in [0.25, 0.3) is 17.7 Å². The van der Waals surface area contributed by atoms with Gasteiger partial charge in [0.15, 0.2) is 0 Å². The van der Waals surface area contributed by atoms with Gasteiger partial charge in [0.2, 0.25) is 0 Å². The monoisotopic (exact) mass is 412 g/mol. The van der Waals surface area contributed by atoms with Gasteiger partial charge in [-0.2, -0.15) is 0 Å². The number of likely N-dealkylation sites (tertiary alicyclic amines) is 1. The third-order valence-corrected chi connectivity index (χ3v) is 6.54. The number of carbonyl (C=O) groups excluding carboxylic acids is 3. The maximum atomic E-state index is 13.0. The predicted octanol–water partition coefficient (Wildman–Crippen LogP) is 1.94. The molecule has 3 amide bonds. The molecule has 2 saturated heterocycles. The first-order valence-electron chi connectivity index (χ1n) is 11.3. The molecule has 0 spiro atoms. The molecule has 0 saturated carbocycles. The van der Waals surface area contributed by atoms with Gasteiger partial charge in [0, 0.05) is 51.4 Å².